The Labute approximate surface area is 119 Å². The fourth-order valence-electron chi connectivity index (χ4n) is 1.71. The summed E-state index contributed by atoms with van der Waals surface area (Å²) in [5, 5.41) is 15.0. The van der Waals surface area contributed by atoms with E-state index in [1.54, 1.807) is 5.01 Å². The molecule has 2 rings (SSSR count). The molecule has 108 valence electrons. The Morgan fingerprint density at radius 3 is 2.75 bits per heavy atom. The number of nitrogens with one attached hydrogen (secondary N) is 2. The summed E-state index contributed by atoms with van der Waals surface area (Å²) in [5.74, 6) is 0. The second-order valence-corrected chi connectivity index (χ2v) is 4.50. The molecule has 1 fully saturated rings. The van der Waals surface area contributed by atoms with Crippen LogP contribution in [0.15, 0.2) is 18.2 Å². The van der Waals surface area contributed by atoms with E-state index in [-0.39, 0.29) is 10.7 Å². The van der Waals surface area contributed by atoms with Crippen molar-refractivity contribution in [3.8, 4) is 0 Å². The van der Waals surface area contributed by atoms with Crippen molar-refractivity contribution in [1.29, 1.82) is 0 Å². The summed E-state index contributed by atoms with van der Waals surface area (Å²) < 4.78 is 5.15. The highest BCUT2D eigenvalue weighted by molar-refractivity contribution is 6.32. The van der Waals surface area contributed by atoms with Crippen LogP contribution in [0.1, 0.15) is 0 Å². The SMILES string of the molecule is O=C(Nc1ccc(Cl)c([N+](=O)[O-])c1)NN1CCOCC1. The number of halogens is 1. The third kappa shape index (κ3) is 3.80. The summed E-state index contributed by atoms with van der Waals surface area (Å²) in [6, 6.07) is 3.60. The Morgan fingerprint density at radius 1 is 1.40 bits per heavy atom. The van der Waals surface area contributed by atoms with Crippen molar-refractivity contribution in [3.05, 3.63) is 33.3 Å². The summed E-state index contributed by atoms with van der Waals surface area (Å²) in [7, 11) is 0. The molecule has 1 aromatic rings. The Bertz CT molecular complexity index is 519. The van der Waals surface area contributed by atoms with Gasteiger partial charge in [-0.1, -0.05) is 11.6 Å². The summed E-state index contributed by atoms with van der Waals surface area (Å²) in [4.78, 5) is 21.9. The number of anilines is 1. The summed E-state index contributed by atoms with van der Waals surface area (Å²) >= 11 is 5.69. The average molecular weight is 301 g/mol. The summed E-state index contributed by atoms with van der Waals surface area (Å²) in [5.41, 5.74) is 2.68. The van der Waals surface area contributed by atoms with E-state index in [0.29, 0.717) is 32.0 Å². The van der Waals surface area contributed by atoms with Gasteiger partial charge in [0.2, 0.25) is 0 Å². The van der Waals surface area contributed by atoms with Crippen LogP contribution in [0.2, 0.25) is 5.02 Å². The Hall–Kier alpha value is -1.90. The fraction of sp³-hybridized carbons (Fsp3) is 0.364. The Morgan fingerprint density at radius 2 is 2.10 bits per heavy atom. The van der Waals surface area contributed by atoms with Gasteiger partial charge in [-0.2, -0.15) is 0 Å². The molecule has 2 amide bonds. The van der Waals surface area contributed by atoms with Gasteiger partial charge in [-0.05, 0) is 12.1 Å². The highest BCUT2D eigenvalue weighted by Gasteiger charge is 2.16. The number of carbonyl (C=O) groups excluding carboxylic acids is 1. The molecule has 0 aliphatic carbocycles. The molecule has 0 spiro atoms. The number of benzene rings is 1. The highest BCUT2D eigenvalue weighted by Crippen LogP contribution is 2.27. The molecule has 0 saturated carbocycles. The number of hydrogen-bond donors (Lipinski definition) is 2. The average Bonchev–Trinajstić information content (AvgIpc) is 2.41. The van der Waals surface area contributed by atoms with E-state index in [4.69, 9.17) is 16.3 Å². The molecule has 0 radical (unpaired) electrons. The largest absolute Gasteiger partial charge is 0.379 e. The van der Waals surface area contributed by atoms with E-state index in [2.05, 4.69) is 10.7 Å². The van der Waals surface area contributed by atoms with Crippen LogP contribution in [0.25, 0.3) is 0 Å². The molecule has 1 aliphatic rings. The lowest BCUT2D eigenvalue weighted by Gasteiger charge is -2.26. The molecule has 2 N–H and O–H groups in total. The number of carbonyl (C=O) groups is 1. The van der Waals surface area contributed by atoms with Gasteiger partial charge in [0, 0.05) is 24.8 Å². The lowest BCUT2D eigenvalue weighted by Crippen LogP contribution is -2.49. The normalized spacial score (nSPS) is 15.7. The van der Waals surface area contributed by atoms with E-state index >= 15 is 0 Å². The van der Waals surface area contributed by atoms with Crippen molar-refractivity contribution in [2.75, 3.05) is 31.6 Å². The molecule has 1 heterocycles. The summed E-state index contributed by atoms with van der Waals surface area (Å²) in [6.45, 7) is 2.28. The number of rotatable bonds is 3. The van der Waals surface area contributed by atoms with E-state index in [1.165, 1.54) is 18.2 Å². The zero-order valence-electron chi connectivity index (χ0n) is 10.5. The monoisotopic (exact) mass is 300 g/mol. The quantitative estimate of drug-likeness (QED) is 0.653. The molecule has 9 heteroatoms. The predicted octanol–water partition coefficient (Wildman–Crippen LogP) is 1.62. The van der Waals surface area contributed by atoms with Crippen LogP contribution in [-0.4, -0.2) is 42.3 Å². The maximum atomic E-state index is 11.7. The minimum absolute atomic E-state index is 0.0223. The van der Waals surface area contributed by atoms with Gasteiger partial charge in [-0.25, -0.2) is 9.80 Å². The van der Waals surface area contributed by atoms with Gasteiger partial charge >= 0.3 is 6.03 Å². The zero-order valence-corrected chi connectivity index (χ0v) is 11.2. The van der Waals surface area contributed by atoms with Crippen molar-refractivity contribution in [2.45, 2.75) is 0 Å². The molecule has 8 nitrogen and oxygen atoms in total. The number of hydrazine groups is 1. The predicted molar refractivity (Wildman–Crippen MR) is 72.7 cm³/mol. The van der Waals surface area contributed by atoms with Crippen molar-refractivity contribution in [3.63, 3.8) is 0 Å². The topological polar surface area (TPSA) is 96.7 Å². The number of amides is 2. The number of nitrogens with zero attached hydrogens (tertiary/aromatic N) is 2. The molecule has 0 bridgehead atoms. The third-order valence-electron chi connectivity index (χ3n) is 2.67. The fourth-order valence-corrected chi connectivity index (χ4v) is 1.89. The maximum Gasteiger partial charge on any atom is 0.333 e. The first-order chi connectivity index (χ1) is 9.56. The van der Waals surface area contributed by atoms with Crippen molar-refractivity contribution >= 4 is 29.0 Å². The number of nitro groups is 1. The van der Waals surface area contributed by atoms with E-state index in [1.807, 2.05) is 0 Å². The van der Waals surface area contributed by atoms with Crippen LogP contribution in [0.4, 0.5) is 16.2 Å². The molecule has 0 aromatic heterocycles. The molecule has 0 atom stereocenters. The Kier molecular flexibility index (Phi) is 4.72. The lowest BCUT2D eigenvalue weighted by molar-refractivity contribution is -0.384. The first-order valence-electron chi connectivity index (χ1n) is 5.90. The van der Waals surface area contributed by atoms with Crippen molar-refractivity contribution < 1.29 is 14.5 Å². The molecule has 0 unspecified atom stereocenters. The minimum atomic E-state index is -0.604. The number of urea groups is 1. The van der Waals surface area contributed by atoms with Crippen LogP contribution < -0.4 is 10.7 Å². The van der Waals surface area contributed by atoms with Gasteiger partial charge in [0.15, 0.2) is 0 Å². The molecule has 20 heavy (non-hydrogen) atoms. The molecule has 1 aromatic carbocycles. The van der Waals surface area contributed by atoms with E-state index in [0.717, 1.165) is 0 Å². The van der Waals surface area contributed by atoms with Gasteiger partial charge in [0.05, 0.1) is 18.1 Å². The van der Waals surface area contributed by atoms with Gasteiger partial charge < -0.3 is 10.1 Å². The number of ether oxygens (including phenoxy) is 1. The van der Waals surface area contributed by atoms with Crippen molar-refractivity contribution in [1.82, 2.24) is 10.4 Å². The summed E-state index contributed by atoms with van der Waals surface area (Å²) in [6.07, 6.45) is 0. The lowest BCUT2D eigenvalue weighted by atomic mass is 10.3. The second-order valence-electron chi connectivity index (χ2n) is 4.09. The molecule has 1 aliphatic heterocycles. The maximum absolute atomic E-state index is 11.7. The third-order valence-corrected chi connectivity index (χ3v) is 2.99. The molecule has 1 saturated heterocycles. The smallest absolute Gasteiger partial charge is 0.333 e. The van der Waals surface area contributed by atoms with Gasteiger partial charge in [0.1, 0.15) is 5.02 Å². The van der Waals surface area contributed by atoms with Gasteiger partial charge in [-0.3, -0.25) is 15.5 Å². The first kappa shape index (κ1) is 14.5. The second kappa shape index (κ2) is 6.51. The zero-order chi connectivity index (χ0) is 14.5. The van der Waals surface area contributed by atoms with Gasteiger partial charge in [-0.15, -0.1) is 0 Å². The van der Waals surface area contributed by atoms with Gasteiger partial charge in [0.25, 0.3) is 5.69 Å². The van der Waals surface area contributed by atoms with Crippen LogP contribution in [0.3, 0.4) is 0 Å². The minimum Gasteiger partial charge on any atom is -0.379 e. The first-order valence-corrected chi connectivity index (χ1v) is 6.28. The molecular weight excluding hydrogens is 288 g/mol. The van der Waals surface area contributed by atoms with Crippen LogP contribution in [-0.2, 0) is 4.74 Å². The van der Waals surface area contributed by atoms with Crippen molar-refractivity contribution in [2.24, 2.45) is 0 Å². The van der Waals surface area contributed by atoms with Crippen LogP contribution in [0.5, 0.6) is 0 Å². The van der Waals surface area contributed by atoms with E-state index in [9.17, 15) is 14.9 Å². The van der Waals surface area contributed by atoms with E-state index < -0.39 is 11.0 Å². The number of morpholine rings is 1. The highest BCUT2D eigenvalue weighted by atomic mass is 35.5. The Balaban J connectivity index is 1.96. The molecular formula is C11H13ClN4O4. The standard InChI is InChI=1S/C11H13ClN4O4/c12-9-2-1-8(7-10(9)16(18)19)13-11(17)14-15-3-5-20-6-4-15/h1-2,7H,3-6H2,(H2,13,14,17). The number of hydrogen-bond acceptors (Lipinski definition) is 5. The van der Waals surface area contributed by atoms with Crippen LogP contribution in [0, 0.1) is 10.1 Å². The number of nitro benzene ring substituents is 1. The van der Waals surface area contributed by atoms with Crippen LogP contribution >= 0.6 is 11.6 Å².